The Hall–Kier alpha value is -3.56. The molecule has 27 nitrogen and oxygen atoms in total. The van der Waals surface area contributed by atoms with E-state index in [9.17, 15) is 84.6 Å². The third-order valence-electron chi connectivity index (χ3n) is 12.2. The SMILES string of the molecule is CSC1CC(=O)N(CCC(=O)NCCCOCCC(=O)NCC(=O)C[C@H]2C(C(O)[C@H](O)CO)O[C@@](O[C@@H]3C(O)[C@H](O[C@@H]4C(NC(C)=O)[C@@H](C)OC(CO)[C@@H]4O)OC(CO)[C@@H]3O)(C(=O)O)C[C@H]2O)C1=O. The van der Waals surface area contributed by atoms with Gasteiger partial charge in [-0.1, -0.05) is 0 Å². The zero-order chi connectivity index (χ0) is 51.3. The largest absolute Gasteiger partial charge is 0.477 e. The van der Waals surface area contributed by atoms with E-state index in [-0.39, 0.29) is 63.3 Å². The Labute approximate surface area is 400 Å². The van der Waals surface area contributed by atoms with Gasteiger partial charge in [0.05, 0.1) is 62.6 Å². The van der Waals surface area contributed by atoms with Crippen molar-refractivity contribution in [3.63, 3.8) is 0 Å². The number of ketones is 1. The molecule has 0 spiro atoms. The lowest BCUT2D eigenvalue weighted by Gasteiger charge is -2.51. The van der Waals surface area contributed by atoms with Crippen LogP contribution in [0.15, 0.2) is 0 Å². The maximum absolute atomic E-state index is 13.2. The number of carboxylic acid groups (broad SMARTS) is 1. The molecule has 0 aliphatic carbocycles. The standard InChI is InChI=1S/C41H66N4O23S/c1-18-30(44-19(2)49)36(32(57)24(16-47)64-18)66-39-34(59)37(33(58)25(17-48)65-39)68-41(40(61)62)13-22(51)21(35(67-41)31(56)23(52)15-46)11-20(50)14-43-28(54)6-10-63-9-4-7-42-27(53)5-8-45-29(55)12-26(69-3)38(45)60/h18,21-26,30-37,39,46-48,51-52,56-59H,4-17H2,1-3H3,(H,42,53)(H,43,54)(H,44,49)(H,61,62)/t18-,21-,22-,23-,24?,25?,26?,30?,31?,32+,33+,34?,35?,36-,37+,39+,41+/m1/s1. The van der Waals surface area contributed by atoms with Gasteiger partial charge >= 0.3 is 5.97 Å². The molecule has 0 radical (unpaired) electrons. The number of Topliss-reactive ketones (excluding diaryl/α,β-unsaturated/α-hetero) is 1. The summed E-state index contributed by atoms with van der Waals surface area (Å²) in [4.78, 5) is 88.3. The lowest BCUT2D eigenvalue weighted by Crippen LogP contribution is -2.69. The van der Waals surface area contributed by atoms with Crippen LogP contribution in [0, 0.1) is 5.92 Å². The number of likely N-dealkylation sites (tertiary alicyclic amines) is 1. The first-order chi connectivity index (χ1) is 32.6. The summed E-state index contributed by atoms with van der Waals surface area (Å²) in [6.45, 7) is -0.548. The van der Waals surface area contributed by atoms with Gasteiger partial charge in [-0.05, 0) is 19.6 Å². The molecule has 4 aliphatic heterocycles. The summed E-state index contributed by atoms with van der Waals surface area (Å²) in [5, 5.41) is 114. The molecule has 28 heteroatoms. The molecule has 0 aromatic carbocycles. The molecule has 4 rings (SSSR count). The third kappa shape index (κ3) is 15.0. The minimum absolute atomic E-state index is 0.0244. The number of hydrogen-bond donors (Lipinski definition) is 13. The first-order valence-electron chi connectivity index (χ1n) is 22.4. The van der Waals surface area contributed by atoms with Gasteiger partial charge in [-0.15, -0.1) is 0 Å². The van der Waals surface area contributed by atoms with Crippen LogP contribution in [0.5, 0.6) is 0 Å². The van der Waals surface area contributed by atoms with E-state index >= 15 is 0 Å². The van der Waals surface area contributed by atoms with Crippen molar-refractivity contribution in [1.82, 2.24) is 20.9 Å². The Kier molecular flexibility index (Phi) is 22.5. The molecular formula is C41H66N4O23S. The second kappa shape index (κ2) is 26.8. The predicted octanol–water partition coefficient (Wildman–Crippen LogP) is -7.03. The molecule has 4 fully saturated rings. The average Bonchev–Trinajstić information content (AvgIpc) is 3.59. The van der Waals surface area contributed by atoms with Gasteiger partial charge in [0.1, 0.15) is 54.9 Å². The zero-order valence-corrected chi connectivity index (χ0v) is 39.1. The monoisotopic (exact) mass is 1010 g/mol. The van der Waals surface area contributed by atoms with Gasteiger partial charge in [-0.3, -0.25) is 33.7 Å². The second-order valence-electron chi connectivity index (χ2n) is 17.1. The minimum atomic E-state index is -3.12. The molecule has 69 heavy (non-hydrogen) atoms. The fraction of sp³-hybridized carbons (Fsp3) is 0.829. The molecule has 394 valence electrons. The molecule has 0 aromatic rings. The number of rotatable bonds is 26. The Morgan fingerprint density at radius 1 is 0.913 bits per heavy atom. The number of aliphatic hydroxyl groups is 9. The maximum atomic E-state index is 13.2. The molecule has 0 bridgehead atoms. The second-order valence-corrected chi connectivity index (χ2v) is 18.2. The molecule has 7 unspecified atom stereocenters. The number of carboxylic acids is 1. The van der Waals surface area contributed by atoms with Crippen LogP contribution in [0.4, 0.5) is 0 Å². The van der Waals surface area contributed by atoms with E-state index in [0.717, 1.165) is 11.8 Å². The molecule has 13 N–H and O–H groups in total. The number of imide groups is 1. The normalized spacial score (nSPS) is 34.8. The molecule has 4 heterocycles. The van der Waals surface area contributed by atoms with E-state index in [0.29, 0.717) is 6.42 Å². The number of hydrogen-bond acceptors (Lipinski definition) is 23. The topological polar surface area (TPSA) is 417 Å². The van der Waals surface area contributed by atoms with Crippen LogP contribution in [0.1, 0.15) is 52.4 Å². The summed E-state index contributed by atoms with van der Waals surface area (Å²) < 4.78 is 34.0. The van der Waals surface area contributed by atoms with Crippen molar-refractivity contribution in [2.24, 2.45) is 5.92 Å². The zero-order valence-electron chi connectivity index (χ0n) is 38.3. The summed E-state index contributed by atoms with van der Waals surface area (Å²) in [6.07, 6.45) is -23.5. The lowest BCUT2D eigenvalue weighted by molar-refractivity contribution is -0.381. The number of carbonyl (C=O) groups is 7. The number of carbonyl (C=O) groups excluding carboxylic acids is 6. The molecule has 0 aromatic heterocycles. The van der Waals surface area contributed by atoms with E-state index < -0.39 is 165 Å². The van der Waals surface area contributed by atoms with E-state index in [1.807, 2.05) is 0 Å². The van der Waals surface area contributed by atoms with Gasteiger partial charge in [-0.2, -0.15) is 11.8 Å². The molecule has 5 amide bonds. The molecule has 0 saturated carbocycles. The Morgan fingerprint density at radius 2 is 1.57 bits per heavy atom. The Morgan fingerprint density at radius 3 is 2.17 bits per heavy atom. The highest BCUT2D eigenvalue weighted by atomic mass is 32.2. The highest BCUT2D eigenvalue weighted by Crippen LogP contribution is 2.41. The fourth-order valence-electron chi connectivity index (χ4n) is 8.39. The smallest absolute Gasteiger partial charge is 0.364 e. The molecular weight excluding hydrogens is 949 g/mol. The fourth-order valence-corrected chi connectivity index (χ4v) is 9.03. The third-order valence-corrected chi connectivity index (χ3v) is 13.1. The molecule has 4 aliphatic rings. The highest BCUT2D eigenvalue weighted by molar-refractivity contribution is 8.00. The van der Waals surface area contributed by atoms with Crippen molar-refractivity contribution < 1.29 is 113 Å². The van der Waals surface area contributed by atoms with Crippen LogP contribution in [-0.4, -0.2) is 253 Å². The van der Waals surface area contributed by atoms with Crippen molar-refractivity contribution in [2.45, 2.75) is 149 Å². The number of nitrogens with zero attached hydrogens (tertiary/aromatic N) is 1. The summed E-state index contributed by atoms with van der Waals surface area (Å²) in [7, 11) is 0. The first-order valence-corrected chi connectivity index (χ1v) is 23.6. The number of amides is 5. The van der Waals surface area contributed by atoms with Crippen molar-refractivity contribution in [3.8, 4) is 0 Å². The van der Waals surface area contributed by atoms with Gasteiger partial charge in [0, 0.05) is 64.6 Å². The van der Waals surface area contributed by atoms with Gasteiger partial charge in [0.2, 0.25) is 29.5 Å². The summed E-state index contributed by atoms with van der Waals surface area (Å²) in [6, 6.07) is -1.14. The average molecular weight is 1020 g/mol. The van der Waals surface area contributed by atoms with E-state index in [4.69, 9.17) is 28.4 Å². The lowest BCUT2D eigenvalue weighted by atomic mass is 9.80. The summed E-state index contributed by atoms with van der Waals surface area (Å²) >= 11 is 1.27. The minimum Gasteiger partial charge on any atom is -0.477 e. The highest BCUT2D eigenvalue weighted by Gasteiger charge is 2.60. The van der Waals surface area contributed by atoms with E-state index in [1.54, 1.807) is 6.26 Å². The molecule has 17 atom stereocenters. The van der Waals surface area contributed by atoms with Crippen molar-refractivity contribution in [1.29, 1.82) is 0 Å². The van der Waals surface area contributed by atoms with Crippen molar-refractivity contribution >= 4 is 53.1 Å². The van der Waals surface area contributed by atoms with Crippen LogP contribution < -0.4 is 16.0 Å². The van der Waals surface area contributed by atoms with Crippen molar-refractivity contribution in [3.05, 3.63) is 0 Å². The predicted molar refractivity (Wildman–Crippen MR) is 230 cm³/mol. The summed E-state index contributed by atoms with van der Waals surface area (Å²) in [5.41, 5.74) is 0. The number of ether oxygens (including phenoxy) is 6. The van der Waals surface area contributed by atoms with Gasteiger partial charge in [-0.25, -0.2) is 4.79 Å². The van der Waals surface area contributed by atoms with Crippen LogP contribution in [0.2, 0.25) is 0 Å². The van der Waals surface area contributed by atoms with Gasteiger partial charge in [0.25, 0.3) is 5.79 Å². The first kappa shape index (κ1) is 58.0. The van der Waals surface area contributed by atoms with Crippen LogP contribution in [0.3, 0.4) is 0 Å². The molecule has 4 saturated heterocycles. The number of nitrogens with one attached hydrogen (secondary N) is 3. The van der Waals surface area contributed by atoms with Crippen LogP contribution >= 0.6 is 11.8 Å². The van der Waals surface area contributed by atoms with Crippen molar-refractivity contribution in [2.75, 3.05) is 58.9 Å². The summed E-state index contributed by atoms with van der Waals surface area (Å²) in [5.74, 6) is -9.65. The van der Waals surface area contributed by atoms with Crippen LogP contribution in [0.25, 0.3) is 0 Å². The quantitative estimate of drug-likeness (QED) is 0.0283. The number of aliphatic carboxylic acids is 1. The Balaban J connectivity index is 1.34. The van der Waals surface area contributed by atoms with Crippen LogP contribution in [-0.2, 0) is 62.0 Å². The van der Waals surface area contributed by atoms with Gasteiger partial charge < -0.3 is 95.4 Å². The number of thioether (sulfide) groups is 1. The van der Waals surface area contributed by atoms with E-state index in [1.165, 1.54) is 18.7 Å². The number of aliphatic hydroxyl groups excluding tert-OH is 9. The maximum Gasteiger partial charge on any atom is 0.364 e. The Bertz CT molecular complexity index is 1770. The van der Waals surface area contributed by atoms with Gasteiger partial charge in [0.15, 0.2) is 12.1 Å². The van der Waals surface area contributed by atoms with E-state index in [2.05, 4.69) is 16.0 Å².